The van der Waals surface area contributed by atoms with Gasteiger partial charge in [-0.2, -0.15) is 0 Å². The molecule has 0 spiro atoms. The van der Waals surface area contributed by atoms with Crippen LogP contribution in [0.15, 0.2) is 0 Å². The number of rotatable bonds is 9. The van der Waals surface area contributed by atoms with Crippen LogP contribution in [0.3, 0.4) is 0 Å². The van der Waals surface area contributed by atoms with E-state index in [4.69, 9.17) is 5.73 Å². The van der Waals surface area contributed by atoms with Crippen LogP contribution in [0.5, 0.6) is 0 Å². The standard InChI is InChI=1S/C14H33N3/c1-13(2)8-9-14(3,12-15)17(6)11-7-10-16(4)5/h13H,7-12,15H2,1-6H3. The van der Waals surface area contributed by atoms with E-state index in [9.17, 15) is 0 Å². The average molecular weight is 243 g/mol. The van der Waals surface area contributed by atoms with Crippen LogP contribution in [0.25, 0.3) is 0 Å². The molecular weight excluding hydrogens is 210 g/mol. The molecule has 0 radical (unpaired) electrons. The van der Waals surface area contributed by atoms with Crippen molar-refractivity contribution in [3.05, 3.63) is 0 Å². The van der Waals surface area contributed by atoms with Crippen LogP contribution < -0.4 is 5.73 Å². The van der Waals surface area contributed by atoms with Gasteiger partial charge in [-0.25, -0.2) is 0 Å². The molecule has 0 aromatic carbocycles. The van der Waals surface area contributed by atoms with Crippen LogP contribution in [0.1, 0.15) is 40.0 Å². The van der Waals surface area contributed by atoms with Crippen LogP contribution in [0.4, 0.5) is 0 Å². The molecular formula is C14H33N3. The van der Waals surface area contributed by atoms with Gasteiger partial charge in [0.2, 0.25) is 0 Å². The third kappa shape index (κ3) is 7.02. The van der Waals surface area contributed by atoms with Gasteiger partial charge in [0.05, 0.1) is 0 Å². The number of nitrogens with two attached hydrogens (primary N) is 1. The first-order valence-electron chi connectivity index (χ1n) is 6.88. The van der Waals surface area contributed by atoms with Crippen LogP contribution >= 0.6 is 0 Å². The molecule has 3 heteroatoms. The minimum atomic E-state index is 0.163. The lowest BCUT2D eigenvalue weighted by atomic mass is 9.90. The summed E-state index contributed by atoms with van der Waals surface area (Å²) in [6.45, 7) is 9.88. The molecule has 0 amide bonds. The molecule has 0 aromatic rings. The Bertz CT molecular complexity index is 192. The number of hydrogen-bond acceptors (Lipinski definition) is 3. The Morgan fingerprint density at radius 2 is 1.71 bits per heavy atom. The first-order chi connectivity index (χ1) is 7.81. The number of nitrogens with zero attached hydrogens (tertiary/aromatic N) is 2. The van der Waals surface area contributed by atoms with Crippen molar-refractivity contribution in [3.63, 3.8) is 0 Å². The van der Waals surface area contributed by atoms with Crippen LogP contribution in [-0.4, -0.2) is 56.1 Å². The predicted molar refractivity (Wildman–Crippen MR) is 77.3 cm³/mol. The monoisotopic (exact) mass is 243 g/mol. The van der Waals surface area contributed by atoms with Gasteiger partial charge in [0.1, 0.15) is 0 Å². The van der Waals surface area contributed by atoms with E-state index in [0.29, 0.717) is 0 Å². The van der Waals surface area contributed by atoms with E-state index in [-0.39, 0.29) is 5.54 Å². The third-order valence-corrected chi connectivity index (χ3v) is 3.72. The molecule has 0 saturated heterocycles. The summed E-state index contributed by atoms with van der Waals surface area (Å²) in [6, 6.07) is 0. The summed E-state index contributed by atoms with van der Waals surface area (Å²) in [6.07, 6.45) is 3.66. The molecule has 1 atom stereocenters. The summed E-state index contributed by atoms with van der Waals surface area (Å²) in [5.41, 5.74) is 6.14. The van der Waals surface area contributed by atoms with E-state index in [0.717, 1.165) is 25.6 Å². The Kier molecular flexibility index (Phi) is 8.01. The lowest BCUT2D eigenvalue weighted by Gasteiger charge is -2.39. The molecule has 0 rings (SSSR count). The molecule has 0 saturated carbocycles. The number of likely N-dealkylation sites (N-methyl/N-ethyl adjacent to an activating group) is 1. The zero-order valence-corrected chi connectivity index (χ0v) is 12.8. The fourth-order valence-corrected chi connectivity index (χ4v) is 1.94. The van der Waals surface area contributed by atoms with E-state index in [1.807, 2.05) is 0 Å². The lowest BCUT2D eigenvalue weighted by Crippen LogP contribution is -2.50. The first-order valence-corrected chi connectivity index (χ1v) is 6.88. The van der Waals surface area contributed by atoms with Crippen molar-refractivity contribution in [1.29, 1.82) is 0 Å². The molecule has 0 heterocycles. The van der Waals surface area contributed by atoms with Gasteiger partial charge >= 0.3 is 0 Å². The Labute approximate surface area is 108 Å². The highest BCUT2D eigenvalue weighted by atomic mass is 15.2. The van der Waals surface area contributed by atoms with Crippen molar-refractivity contribution in [2.45, 2.75) is 45.6 Å². The minimum Gasteiger partial charge on any atom is -0.329 e. The molecule has 3 nitrogen and oxygen atoms in total. The van der Waals surface area contributed by atoms with Crippen LogP contribution in [-0.2, 0) is 0 Å². The molecule has 17 heavy (non-hydrogen) atoms. The molecule has 104 valence electrons. The van der Waals surface area contributed by atoms with E-state index in [2.05, 4.69) is 51.7 Å². The van der Waals surface area contributed by atoms with E-state index < -0.39 is 0 Å². The van der Waals surface area contributed by atoms with Gasteiger partial charge in [-0.3, -0.25) is 4.90 Å². The van der Waals surface area contributed by atoms with Crippen molar-refractivity contribution in [2.24, 2.45) is 11.7 Å². The fraction of sp³-hybridized carbons (Fsp3) is 1.00. The normalized spacial score (nSPS) is 15.9. The summed E-state index contributed by atoms with van der Waals surface area (Å²) in [4.78, 5) is 4.68. The van der Waals surface area contributed by atoms with Gasteiger partial charge in [0.25, 0.3) is 0 Å². The molecule has 0 aliphatic carbocycles. The quantitative estimate of drug-likeness (QED) is 0.672. The highest BCUT2D eigenvalue weighted by molar-refractivity contribution is 4.85. The summed E-state index contributed by atoms with van der Waals surface area (Å²) < 4.78 is 0. The SMILES string of the molecule is CC(C)CCC(C)(CN)N(C)CCCN(C)C. The summed E-state index contributed by atoms with van der Waals surface area (Å²) in [5.74, 6) is 0.760. The van der Waals surface area contributed by atoms with Crippen molar-refractivity contribution in [2.75, 3.05) is 40.8 Å². The van der Waals surface area contributed by atoms with E-state index >= 15 is 0 Å². The number of hydrogen-bond donors (Lipinski definition) is 1. The second-order valence-corrected chi connectivity index (χ2v) is 6.21. The smallest absolute Gasteiger partial charge is 0.0300 e. The van der Waals surface area contributed by atoms with Gasteiger partial charge in [-0.1, -0.05) is 13.8 Å². The minimum absolute atomic E-state index is 0.163. The van der Waals surface area contributed by atoms with E-state index in [1.165, 1.54) is 19.3 Å². The highest BCUT2D eigenvalue weighted by Gasteiger charge is 2.27. The van der Waals surface area contributed by atoms with Gasteiger partial charge in [-0.05, 0) is 66.3 Å². The van der Waals surface area contributed by atoms with Crippen LogP contribution in [0.2, 0.25) is 0 Å². The molecule has 0 aromatic heterocycles. The van der Waals surface area contributed by atoms with Crippen molar-refractivity contribution < 1.29 is 0 Å². The van der Waals surface area contributed by atoms with E-state index in [1.54, 1.807) is 0 Å². The highest BCUT2D eigenvalue weighted by Crippen LogP contribution is 2.21. The Morgan fingerprint density at radius 3 is 2.12 bits per heavy atom. The molecule has 0 bridgehead atoms. The zero-order chi connectivity index (χ0) is 13.5. The molecule has 0 fully saturated rings. The van der Waals surface area contributed by atoms with Crippen molar-refractivity contribution >= 4 is 0 Å². The molecule has 2 N–H and O–H groups in total. The molecule has 0 aliphatic heterocycles. The maximum atomic E-state index is 5.97. The Morgan fingerprint density at radius 1 is 1.12 bits per heavy atom. The topological polar surface area (TPSA) is 32.5 Å². The Hall–Kier alpha value is -0.120. The first kappa shape index (κ1) is 16.9. The van der Waals surface area contributed by atoms with Gasteiger partial charge in [0.15, 0.2) is 0 Å². The second kappa shape index (κ2) is 8.06. The van der Waals surface area contributed by atoms with Crippen LogP contribution in [0, 0.1) is 5.92 Å². The summed E-state index contributed by atoms with van der Waals surface area (Å²) in [7, 11) is 6.46. The maximum Gasteiger partial charge on any atom is 0.0300 e. The largest absolute Gasteiger partial charge is 0.329 e. The summed E-state index contributed by atoms with van der Waals surface area (Å²) in [5, 5.41) is 0. The van der Waals surface area contributed by atoms with Gasteiger partial charge < -0.3 is 10.6 Å². The lowest BCUT2D eigenvalue weighted by molar-refractivity contribution is 0.122. The molecule has 0 aliphatic rings. The predicted octanol–water partition coefficient (Wildman–Crippen LogP) is 2.02. The van der Waals surface area contributed by atoms with Gasteiger partial charge in [0, 0.05) is 12.1 Å². The zero-order valence-electron chi connectivity index (χ0n) is 12.8. The second-order valence-electron chi connectivity index (χ2n) is 6.21. The fourth-order valence-electron chi connectivity index (χ4n) is 1.94. The Balaban J connectivity index is 4.12. The van der Waals surface area contributed by atoms with Crippen molar-refractivity contribution in [3.8, 4) is 0 Å². The van der Waals surface area contributed by atoms with Crippen molar-refractivity contribution in [1.82, 2.24) is 9.80 Å². The summed E-state index contributed by atoms with van der Waals surface area (Å²) >= 11 is 0. The third-order valence-electron chi connectivity index (χ3n) is 3.72. The molecule has 1 unspecified atom stereocenters. The van der Waals surface area contributed by atoms with Gasteiger partial charge in [-0.15, -0.1) is 0 Å². The average Bonchev–Trinajstić information content (AvgIpc) is 2.25. The maximum absolute atomic E-state index is 5.97.